The van der Waals surface area contributed by atoms with Crippen LogP contribution < -0.4 is 10.6 Å². The van der Waals surface area contributed by atoms with Crippen LogP contribution in [0.25, 0.3) is 0 Å². The van der Waals surface area contributed by atoms with E-state index in [1.54, 1.807) is 41.6 Å². The van der Waals surface area contributed by atoms with Crippen LogP contribution in [0, 0.1) is 18.6 Å². The summed E-state index contributed by atoms with van der Waals surface area (Å²) in [5.74, 6) is -2.12. The van der Waals surface area contributed by atoms with Crippen molar-refractivity contribution >= 4 is 11.8 Å². The zero-order valence-electron chi connectivity index (χ0n) is 23.3. The Bertz CT molecular complexity index is 1250. The van der Waals surface area contributed by atoms with Crippen LogP contribution in [-0.2, 0) is 13.0 Å². The van der Waals surface area contributed by atoms with Gasteiger partial charge in [0.05, 0.1) is 12.1 Å². The Balaban J connectivity index is 1.80. The van der Waals surface area contributed by atoms with Gasteiger partial charge in [-0.2, -0.15) is 0 Å². The molecule has 40 heavy (non-hydrogen) atoms. The second-order valence-corrected chi connectivity index (χ2v) is 10.0. The van der Waals surface area contributed by atoms with E-state index in [1.165, 1.54) is 12.1 Å². The first-order chi connectivity index (χ1) is 19.2. The van der Waals surface area contributed by atoms with Crippen LogP contribution in [0.3, 0.4) is 0 Å². The molecule has 0 aliphatic carbocycles. The minimum Gasteiger partial charge on any atom is -0.390 e. The van der Waals surface area contributed by atoms with Gasteiger partial charge in [-0.15, -0.1) is 0 Å². The summed E-state index contributed by atoms with van der Waals surface area (Å²) in [6.07, 6.45) is 3.92. The van der Waals surface area contributed by atoms with Gasteiger partial charge in [-0.05, 0) is 79.3 Å². The summed E-state index contributed by atoms with van der Waals surface area (Å²) in [5.41, 5.74) is 2.63. The molecule has 3 N–H and O–H groups in total. The Labute approximate surface area is 234 Å². The number of amides is 2. The van der Waals surface area contributed by atoms with Gasteiger partial charge in [-0.1, -0.05) is 19.9 Å². The standard InChI is InChI=1S/C31H38F2N4O3/c1-4-9-37(10-5-2)31(40)25-12-21(3)11-24(16-25)30(39)36-28(15-23-13-26(32)17-27(33)14-23)29(38)20-35-19-22-7-6-8-34-18-22/h6-8,11-14,16-18,28-29,35,38H,4-5,9-10,15,19-20H2,1-3H3,(H,36,39)/t28-,29+/m0/s1. The van der Waals surface area contributed by atoms with Crippen molar-refractivity contribution in [3.8, 4) is 0 Å². The van der Waals surface area contributed by atoms with E-state index in [9.17, 15) is 23.5 Å². The van der Waals surface area contributed by atoms with E-state index >= 15 is 0 Å². The van der Waals surface area contributed by atoms with E-state index in [2.05, 4.69) is 15.6 Å². The third-order valence-electron chi connectivity index (χ3n) is 6.43. The molecule has 214 valence electrons. The number of hydrogen-bond acceptors (Lipinski definition) is 5. The first kappa shape index (κ1) is 30.8. The van der Waals surface area contributed by atoms with Crippen LogP contribution in [0.15, 0.2) is 60.9 Å². The maximum Gasteiger partial charge on any atom is 0.253 e. The fourth-order valence-corrected chi connectivity index (χ4v) is 4.60. The van der Waals surface area contributed by atoms with Crippen molar-refractivity contribution in [2.24, 2.45) is 0 Å². The SMILES string of the molecule is CCCN(CCC)C(=O)c1cc(C)cc(C(=O)N[C@@H](Cc2cc(F)cc(F)c2)[C@H](O)CNCc2cccnc2)c1. The molecule has 3 aromatic rings. The number of pyridine rings is 1. The molecule has 2 amide bonds. The Morgan fingerprint density at radius 1 is 0.975 bits per heavy atom. The average molecular weight is 553 g/mol. The lowest BCUT2D eigenvalue weighted by molar-refractivity contribution is 0.0755. The van der Waals surface area contributed by atoms with Crippen molar-refractivity contribution in [2.75, 3.05) is 19.6 Å². The number of carbonyl (C=O) groups excluding carboxylic acids is 2. The number of hydrogen-bond donors (Lipinski definition) is 3. The molecular weight excluding hydrogens is 514 g/mol. The maximum absolute atomic E-state index is 13.9. The first-order valence-electron chi connectivity index (χ1n) is 13.6. The lowest BCUT2D eigenvalue weighted by Gasteiger charge is -2.25. The number of aliphatic hydroxyl groups is 1. The summed E-state index contributed by atoms with van der Waals surface area (Å²) >= 11 is 0. The van der Waals surface area contributed by atoms with Gasteiger partial charge in [0.25, 0.3) is 11.8 Å². The van der Waals surface area contributed by atoms with Gasteiger partial charge in [-0.25, -0.2) is 8.78 Å². The van der Waals surface area contributed by atoms with E-state index < -0.39 is 29.7 Å². The average Bonchev–Trinajstić information content (AvgIpc) is 2.91. The van der Waals surface area contributed by atoms with Gasteiger partial charge < -0.3 is 20.6 Å². The van der Waals surface area contributed by atoms with Crippen molar-refractivity contribution < 1.29 is 23.5 Å². The van der Waals surface area contributed by atoms with Crippen LogP contribution in [0.4, 0.5) is 8.78 Å². The van der Waals surface area contributed by atoms with Crippen LogP contribution in [-0.4, -0.2) is 58.6 Å². The highest BCUT2D eigenvalue weighted by molar-refractivity contribution is 6.00. The first-order valence-corrected chi connectivity index (χ1v) is 13.6. The molecule has 0 aliphatic rings. The molecule has 7 nitrogen and oxygen atoms in total. The van der Waals surface area contributed by atoms with Gasteiger partial charge in [0.15, 0.2) is 0 Å². The highest BCUT2D eigenvalue weighted by Gasteiger charge is 2.24. The number of rotatable bonds is 14. The zero-order chi connectivity index (χ0) is 29.1. The van der Waals surface area contributed by atoms with Crippen LogP contribution >= 0.6 is 0 Å². The van der Waals surface area contributed by atoms with Gasteiger partial charge in [0.2, 0.25) is 0 Å². The van der Waals surface area contributed by atoms with Crippen molar-refractivity contribution in [1.29, 1.82) is 0 Å². The fraction of sp³-hybridized carbons (Fsp3) is 0.387. The highest BCUT2D eigenvalue weighted by atomic mass is 19.1. The number of nitrogens with zero attached hydrogens (tertiary/aromatic N) is 2. The summed E-state index contributed by atoms with van der Waals surface area (Å²) in [7, 11) is 0. The fourth-order valence-electron chi connectivity index (χ4n) is 4.60. The molecule has 0 unspecified atom stereocenters. The van der Waals surface area contributed by atoms with Gasteiger partial charge in [0.1, 0.15) is 11.6 Å². The summed E-state index contributed by atoms with van der Waals surface area (Å²) in [6, 6.07) is 10.9. The van der Waals surface area contributed by atoms with Crippen molar-refractivity contribution in [2.45, 2.75) is 58.7 Å². The molecule has 0 saturated heterocycles. The molecule has 1 aromatic heterocycles. The summed E-state index contributed by atoms with van der Waals surface area (Å²) in [6.45, 7) is 7.61. The molecule has 2 atom stereocenters. The molecule has 1 heterocycles. The predicted molar refractivity (Wildman–Crippen MR) is 151 cm³/mol. The highest BCUT2D eigenvalue weighted by Crippen LogP contribution is 2.16. The Morgan fingerprint density at radius 2 is 1.65 bits per heavy atom. The molecule has 0 bridgehead atoms. The minimum atomic E-state index is -1.08. The molecule has 0 aliphatic heterocycles. The van der Waals surface area contributed by atoms with Crippen molar-refractivity contribution in [3.63, 3.8) is 0 Å². The van der Waals surface area contributed by atoms with E-state index in [1.807, 2.05) is 26.8 Å². The number of benzene rings is 2. The molecule has 9 heteroatoms. The monoisotopic (exact) mass is 552 g/mol. The second kappa shape index (κ2) is 15.2. The summed E-state index contributed by atoms with van der Waals surface area (Å²) in [4.78, 5) is 32.4. The Hall–Kier alpha value is -3.69. The lowest BCUT2D eigenvalue weighted by atomic mass is 9.99. The van der Waals surface area contributed by atoms with Gasteiger partial charge in [0, 0.05) is 55.8 Å². The normalized spacial score (nSPS) is 12.6. The molecule has 2 aromatic carbocycles. The van der Waals surface area contributed by atoms with Crippen LogP contribution in [0.5, 0.6) is 0 Å². The maximum atomic E-state index is 13.9. The van der Waals surface area contributed by atoms with Gasteiger partial charge >= 0.3 is 0 Å². The van der Waals surface area contributed by atoms with E-state index in [0.29, 0.717) is 30.8 Å². The van der Waals surface area contributed by atoms with E-state index in [0.717, 1.165) is 30.0 Å². The van der Waals surface area contributed by atoms with Crippen molar-refractivity contribution in [3.05, 3.63) is 100 Å². The van der Waals surface area contributed by atoms with Crippen LogP contribution in [0.1, 0.15) is 64.1 Å². The van der Waals surface area contributed by atoms with Crippen LogP contribution in [0.2, 0.25) is 0 Å². The zero-order valence-corrected chi connectivity index (χ0v) is 23.3. The number of aliphatic hydroxyl groups excluding tert-OH is 1. The molecule has 0 radical (unpaired) electrons. The third-order valence-corrected chi connectivity index (χ3v) is 6.43. The summed E-state index contributed by atoms with van der Waals surface area (Å²) < 4.78 is 27.8. The minimum absolute atomic E-state index is 0.00542. The molecular formula is C31H38F2N4O3. The topological polar surface area (TPSA) is 94.6 Å². The van der Waals surface area contributed by atoms with Crippen molar-refractivity contribution in [1.82, 2.24) is 20.5 Å². The molecule has 3 rings (SSSR count). The molecule has 0 saturated carbocycles. The Morgan fingerprint density at radius 3 is 2.27 bits per heavy atom. The largest absolute Gasteiger partial charge is 0.390 e. The second-order valence-electron chi connectivity index (χ2n) is 10.0. The Kier molecular flexibility index (Phi) is 11.7. The number of nitrogens with one attached hydrogen (secondary N) is 2. The smallest absolute Gasteiger partial charge is 0.253 e. The number of aryl methyl sites for hydroxylation is 1. The third kappa shape index (κ3) is 9.20. The number of halogens is 2. The quantitative estimate of drug-likeness (QED) is 0.275. The summed E-state index contributed by atoms with van der Waals surface area (Å²) in [5, 5.41) is 17.0. The molecule has 0 spiro atoms. The molecule has 0 fully saturated rings. The number of aromatic nitrogens is 1. The van der Waals surface area contributed by atoms with E-state index in [-0.39, 0.29) is 24.4 Å². The van der Waals surface area contributed by atoms with E-state index in [4.69, 9.17) is 0 Å². The van der Waals surface area contributed by atoms with Gasteiger partial charge in [-0.3, -0.25) is 14.6 Å². The number of carbonyl (C=O) groups is 2. The lowest BCUT2D eigenvalue weighted by Crippen LogP contribution is -2.48. The predicted octanol–water partition coefficient (Wildman–Crippen LogP) is 4.42.